The van der Waals surface area contributed by atoms with Crippen LogP contribution in [0.3, 0.4) is 0 Å². The van der Waals surface area contributed by atoms with Gasteiger partial charge in [-0.05, 0) is 42.0 Å². The molecular weight excluding hydrogens is 388 g/mol. The molecule has 0 saturated heterocycles. The minimum atomic E-state index is -2.69. The summed E-state index contributed by atoms with van der Waals surface area (Å²) in [4.78, 5) is 20.4. The fraction of sp³-hybridized carbons (Fsp3) is 0.368. The summed E-state index contributed by atoms with van der Waals surface area (Å²) in [7, 11) is 0. The first-order chi connectivity index (χ1) is 13.1. The van der Waals surface area contributed by atoms with Gasteiger partial charge in [-0.1, -0.05) is 30.8 Å². The molecule has 4 rings (SSSR count). The van der Waals surface area contributed by atoms with Crippen LogP contribution < -0.4 is 0 Å². The molecule has 142 valence electrons. The normalized spacial score (nSPS) is 16.9. The summed E-state index contributed by atoms with van der Waals surface area (Å²) in [6.07, 6.45) is 1.70. The molecule has 0 radical (unpaired) electrons. The van der Waals surface area contributed by atoms with E-state index >= 15 is 0 Å². The van der Waals surface area contributed by atoms with Crippen molar-refractivity contribution in [1.29, 1.82) is 0 Å². The van der Waals surface area contributed by atoms with Crippen molar-refractivity contribution in [2.24, 2.45) is 0 Å². The molecule has 4 nitrogen and oxygen atoms in total. The number of hydrogen-bond donors (Lipinski definition) is 0. The second-order valence-corrected chi connectivity index (χ2v) is 8.32. The first-order valence-corrected chi connectivity index (χ1v) is 10.7. The first kappa shape index (κ1) is 18.4. The number of para-hydroxylation sites is 2. The summed E-state index contributed by atoms with van der Waals surface area (Å²) in [6, 6.07) is 8.97. The molecule has 3 heterocycles. The molecule has 1 unspecified atom stereocenters. The van der Waals surface area contributed by atoms with E-state index in [0.717, 1.165) is 29.2 Å². The molecule has 1 aliphatic heterocycles. The zero-order valence-corrected chi connectivity index (χ0v) is 16.4. The number of fused-ring (bicyclic) bond motifs is 2. The molecule has 8 heteroatoms. The molecule has 0 aliphatic carbocycles. The minimum absolute atomic E-state index is 0.0310. The Labute approximate surface area is 164 Å². The molecule has 0 fully saturated rings. The van der Waals surface area contributed by atoms with Gasteiger partial charge >= 0.3 is 6.55 Å². The van der Waals surface area contributed by atoms with Gasteiger partial charge in [0, 0.05) is 11.4 Å². The molecule has 27 heavy (non-hydrogen) atoms. The predicted octanol–water partition coefficient (Wildman–Crippen LogP) is 5.12. The lowest BCUT2D eigenvalue weighted by atomic mass is 9.98. The van der Waals surface area contributed by atoms with Gasteiger partial charge in [-0.2, -0.15) is 8.78 Å². The van der Waals surface area contributed by atoms with E-state index in [2.05, 4.69) is 23.4 Å². The highest BCUT2D eigenvalue weighted by molar-refractivity contribution is 7.99. The Morgan fingerprint density at radius 2 is 2.19 bits per heavy atom. The van der Waals surface area contributed by atoms with Crippen molar-refractivity contribution in [2.75, 3.05) is 12.3 Å². The van der Waals surface area contributed by atoms with Gasteiger partial charge in [-0.25, -0.2) is 4.98 Å². The largest absolute Gasteiger partial charge is 0.335 e. The number of alkyl halides is 2. The van der Waals surface area contributed by atoms with Gasteiger partial charge in [0.15, 0.2) is 5.16 Å². The van der Waals surface area contributed by atoms with Crippen molar-refractivity contribution in [3.05, 3.63) is 46.2 Å². The number of amides is 1. The molecule has 0 bridgehead atoms. The van der Waals surface area contributed by atoms with Crippen LogP contribution in [-0.2, 0) is 11.2 Å². The Morgan fingerprint density at radius 1 is 1.37 bits per heavy atom. The van der Waals surface area contributed by atoms with E-state index in [1.165, 1.54) is 10.4 Å². The van der Waals surface area contributed by atoms with Crippen molar-refractivity contribution in [1.82, 2.24) is 14.5 Å². The van der Waals surface area contributed by atoms with Gasteiger partial charge < -0.3 is 4.90 Å². The van der Waals surface area contributed by atoms with Gasteiger partial charge in [0.1, 0.15) is 0 Å². The second-order valence-electron chi connectivity index (χ2n) is 6.38. The minimum Gasteiger partial charge on any atom is -0.335 e. The van der Waals surface area contributed by atoms with Crippen LogP contribution in [0.15, 0.2) is 40.9 Å². The standard InChI is InChI=1S/C19H19F2N3OS2/c1-2-14-12-8-10-26-16(12)7-9-23(14)17(25)11-27-19-22-13-5-3-4-6-15(13)24(19)18(20)21/h3-6,8,10,14,18H,2,7,9,11H2,1H3. The Kier molecular flexibility index (Phi) is 5.19. The molecule has 1 atom stereocenters. The van der Waals surface area contributed by atoms with Crippen LogP contribution >= 0.6 is 23.1 Å². The average Bonchev–Trinajstić information content (AvgIpc) is 3.29. The number of benzene rings is 1. The van der Waals surface area contributed by atoms with Gasteiger partial charge in [-0.3, -0.25) is 9.36 Å². The smallest absolute Gasteiger partial charge is 0.321 e. The van der Waals surface area contributed by atoms with E-state index in [0.29, 0.717) is 17.6 Å². The zero-order chi connectivity index (χ0) is 19.0. The van der Waals surface area contributed by atoms with Crippen molar-refractivity contribution in [3.63, 3.8) is 0 Å². The third-order valence-corrected chi connectivity index (χ3v) is 6.82. The van der Waals surface area contributed by atoms with E-state index in [9.17, 15) is 13.6 Å². The van der Waals surface area contributed by atoms with E-state index in [4.69, 9.17) is 0 Å². The molecule has 2 aromatic heterocycles. The first-order valence-electron chi connectivity index (χ1n) is 8.83. The highest BCUT2D eigenvalue weighted by Crippen LogP contribution is 2.36. The summed E-state index contributed by atoms with van der Waals surface area (Å²) >= 11 is 2.82. The molecular formula is C19H19F2N3OS2. The molecule has 1 aromatic carbocycles. The number of halogens is 2. The highest BCUT2D eigenvalue weighted by Gasteiger charge is 2.30. The summed E-state index contributed by atoms with van der Waals surface area (Å²) < 4.78 is 28.0. The van der Waals surface area contributed by atoms with Gasteiger partial charge in [0.2, 0.25) is 5.91 Å². The lowest BCUT2D eigenvalue weighted by Gasteiger charge is -2.35. The maximum atomic E-state index is 13.5. The second kappa shape index (κ2) is 7.59. The van der Waals surface area contributed by atoms with Crippen molar-refractivity contribution in [3.8, 4) is 0 Å². The number of imidazole rings is 1. The number of rotatable bonds is 5. The van der Waals surface area contributed by atoms with E-state index in [1.807, 2.05) is 4.90 Å². The maximum absolute atomic E-state index is 13.5. The number of carbonyl (C=O) groups is 1. The predicted molar refractivity (Wildman–Crippen MR) is 104 cm³/mol. The molecule has 0 spiro atoms. The van der Waals surface area contributed by atoms with Gasteiger partial charge in [0.25, 0.3) is 0 Å². The summed E-state index contributed by atoms with van der Waals surface area (Å²) in [6.45, 7) is 0.0549. The number of hydrogen-bond acceptors (Lipinski definition) is 4. The number of thiophene rings is 1. The van der Waals surface area contributed by atoms with Crippen LogP contribution in [0.25, 0.3) is 11.0 Å². The number of aromatic nitrogens is 2. The monoisotopic (exact) mass is 407 g/mol. The van der Waals surface area contributed by atoms with E-state index < -0.39 is 6.55 Å². The van der Waals surface area contributed by atoms with Gasteiger partial charge in [-0.15, -0.1) is 11.3 Å². The lowest BCUT2D eigenvalue weighted by Crippen LogP contribution is -2.40. The Hall–Kier alpha value is -1.93. The SMILES string of the molecule is CCC1c2ccsc2CCN1C(=O)CSc1nc2ccccc2n1C(F)F. The molecule has 0 N–H and O–H groups in total. The highest BCUT2D eigenvalue weighted by atomic mass is 32.2. The fourth-order valence-electron chi connectivity index (χ4n) is 3.66. The third-order valence-electron chi connectivity index (χ3n) is 4.89. The molecule has 1 amide bonds. The maximum Gasteiger partial charge on any atom is 0.321 e. The van der Waals surface area contributed by atoms with Crippen LogP contribution in [0.1, 0.15) is 36.4 Å². The zero-order valence-electron chi connectivity index (χ0n) is 14.8. The van der Waals surface area contributed by atoms with Crippen LogP contribution in [-0.4, -0.2) is 32.7 Å². The Bertz CT molecular complexity index is 969. The Balaban J connectivity index is 1.53. The summed E-state index contributed by atoms with van der Waals surface area (Å²) in [5.41, 5.74) is 2.13. The third kappa shape index (κ3) is 3.36. The van der Waals surface area contributed by atoms with Crippen molar-refractivity contribution >= 4 is 40.0 Å². The number of carbonyl (C=O) groups excluding carboxylic acids is 1. The summed E-state index contributed by atoms with van der Waals surface area (Å²) in [5.74, 6) is 0.0722. The van der Waals surface area contributed by atoms with Crippen molar-refractivity contribution < 1.29 is 13.6 Å². The van der Waals surface area contributed by atoms with Crippen LogP contribution in [0.5, 0.6) is 0 Å². The van der Waals surface area contributed by atoms with Gasteiger partial charge in [0.05, 0.1) is 22.8 Å². The van der Waals surface area contributed by atoms with Crippen LogP contribution in [0, 0.1) is 0 Å². The summed E-state index contributed by atoms with van der Waals surface area (Å²) in [5, 5.41) is 2.25. The Morgan fingerprint density at radius 3 is 2.96 bits per heavy atom. The van der Waals surface area contributed by atoms with Crippen molar-refractivity contribution in [2.45, 2.75) is 37.5 Å². The fourth-order valence-corrected chi connectivity index (χ4v) is 5.48. The molecule has 1 aliphatic rings. The molecule has 3 aromatic rings. The average molecular weight is 408 g/mol. The number of thioether (sulfide) groups is 1. The van der Waals surface area contributed by atoms with Crippen LogP contribution in [0.4, 0.5) is 8.78 Å². The molecule has 0 saturated carbocycles. The number of nitrogens with zero attached hydrogens (tertiary/aromatic N) is 3. The topological polar surface area (TPSA) is 38.1 Å². The van der Waals surface area contributed by atoms with E-state index in [-0.39, 0.29) is 22.9 Å². The van der Waals surface area contributed by atoms with Crippen LogP contribution in [0.2, 0.25) is 0 Å². The quantitative estimate of drug-likeness (QED) is 0.551. The lowest BCUT2D eigenvalue weighted by molar-refractivity contribution is -0.131. The van der Waals surface area contributed by atoms with E-state index in [1.54, 1.807) is 35.6 Å².